The van der Waals surface area contributed by atoms with E-state index in [4.69, 9.17) is 15.7 Å². The average Bonchev–Trinajstić information content (AvgIpc) is 3.53. The number of anilines is 2. The maximum absolute atomic E-state index is 13.1. The number of nitrogens with one attached hydrogen (secondary N) is 2. The Balaban J connectivity index is 1.33. The molecule has 1 atom stereocenters. The second-order valence-corrected chi connectivity index (χ2v) is 10.1. The van der Waals surface area contributed by atoms with Crippen LogP contribution in [-0.4, -0.2) is 37.6 Å². The number of rotatable bonds is 6. The van der Waals surface area contributed by atoms with Gasteiger partial charge in [0.2, 0.25) is 5.91 Å². The molecule has 6 rings (SSSR count). The summed E-state index contributed by atoms with van der Waals surface area (Å²) in [6.45, 7) is 3.30. The van der Waals surface area contributed by atoms with Crippen molar-refractivity contribution in [1.29, 1.82) is 0 Å². The molecule has 0 saturated carbocycles. The summed E-state index contributed by atoms with van der Waals surface area (Å²) in [5.74, 6) is 0.449. The molecule has 0 bridgehead atoms. The summed E-state index contributed by atoms with van der Waals surface area (Å²) in [4.78, 5) is 50.0. The standard InChI is InChI=1S/C31H27N7O3/c1-17-5-10-27-30(34-17)38(29(36-27)24-4-3-13-33-28(24)32)22-8-9-23-19(15-22)6-12-26(23)37-31(41)20-7-11-25(35-18(2)40)21(14-20)16-39/h3-5,7-11,13-16,26H,6,12H2,1-2H3,(H2,32,33)(H,35,40)(H,37,41)/t26-/m0/s1. The van der Waals surface area contributed by atoms with Crippen LogP contribution in [0.3, 0.4) is 0 Å². The lowest BCUT2D eigenvalue weighted by molar-refractivity contribution is -0.114. The van der Waals surface area contributed by atoms with E-state index < -0.39 is 0 Å². The number of benzene rings is 2. The van der Waals surface area contributed by atoms with Crippen molar-refractivity contribution in [1.82, 2.24) is 24.8 Å². The monoisotopic (exact) mass is 545 g/mol. The first kappa shape index (κ1) is 25.9. The van der Waals surface area contributed by atoms with E-state index in [1.54, 1.807) is 18.3 Å². The largest absolute Gasteiger partial charge is 0.383 e. The summed E-state index contributed by atoms with van der Waals surface area (Å²) in [6, 6.07) is 18.2. The van der Waals surface area contributed by atoms with Crippen LogP contribution >= 0.6 is 0 Å². The third kappa shape index (κ3) is 4.80. The number of aromatic nitrogens is 4. The summed E-state index contributed by atoms with van der Waals surface area (Å²) in [5, 5.41) is 5.70. The van der Waals surface area contributed by atoms with E-state index in [9.17, 15) is 14.4 Å². The van der Waals surface area contributed by atoms with Gasteiger partial charge < -0.3 is 16.4 Å². The SMILES string of the molecule is CC(=O)Nc1ccc(C(=O)N[C@H]2CCc3cc(-n4c(-c5cccnc5N)nc5ccc(C)nc54)ccc32)cc1C=O. The van der Waals surface area contributed by atoms with E-state index in [1.165, 1.54) is 13.0 Å². The number of nitrogen functional groups attached to an aromatic ring is 1. The lowest BCUT2D eigenvalue weighted by Crippen LogP contribution is -2.27. The number of hydrogen-bond donors (Lipinski definition) is 3. The lowest BCUT2D eigenvalue weighted by atomic mass is 10.1. The zero-order valence-corrected chi connectivity index (χ0v) is 22.5. The summed E-state index contributed by atoms with van der Waals surface area (Å²) >= 11 is 0. The smallest absolute Gasteiger partial charge is 0.251 e. The molecule has 3 aromatic heterocycles. The number of hydrogen-bond acceptors (Lipinski definition) is 7. The van der Waals surface area contributed by atoms with Crippen molar-refractivity contribution in [2.45, 2.75) is 32.7 Å². The molecule has 0 fully saturated rings. The first-order valence-electron chi connectivity index (χ1n) is 13.2. The molecule has 1 aliphatic rings. The van der Waals surface area contributed by atoms with E-state index in [2.05, 4.69) is 21.7 Å². The van der Waals surface area contributed by atoms with Gasteiger partial charge in [0.15, 0.2) is 17.8 Å². The number of aldehydes is 1. The van der Waals surface area contributed by atoms with Crippen LogP contribution in [0.1, 0.15) is 56.9 Å². The molecular weight excluding hydrogens is 518 g/mol. The first-order valence-corrected chi connectivity index (χ1v) is 13.2. The molecule has 5 aromatic rings. The Labute approximate surface area is 235 Å². The number of nitrogens with two attached hydrogens (primary N) is 1. The highest BCUT2D eigenvalue weighted by atomic mass is 16.2. The molecule has 0 unspecified atom stereocenters. The summed E-state index contributed by atoms with van der Waals surface area (Å²) in [5.41, 5.74) is 13.3. The molecule has 2 aromatic carbocycles. The van der Waals surface area contributed by atoms with Gasteiger partial charge in [-0.3, -0.25) is 19.0 Å². The van der Waals surface area contributed by atoms with Crippen LogP contribution in [0.5, 0.6) is 0 Å². The van der Waals surface area contributed by atoms with Gasteiger partial charge in [0, 0.05) is 35.6 Å². The van der Waals surface area contributed by atoms with Crippen LogP contribution in [0.25, 0.3) is 28.2 Å². The molecule has 0 radical (unpaired) electrons. The van der Waals surface area contributed by atoms with Crippen molar-refractivity contribution < 1.29 is 14.4 Å². The van der Waals surface area contributed by atoms with Crippen LogP contribution in [0.15, 0.2) is 66.9 Å². The third-order valence-electron chi connectivity index (χ3n) is 7.24. The van der Waals surface area contributed by atoms with Crippen molar-refractivity contribution in [2.75, 3.05) is 11.1 Å². The Hall–Kier alpha value is -5.38. The molecule has 4 N–H and O–H groups in total. The summed E-state index contributed by atoms with van der Waals surface area (Å²) < 4.78 is 2.00. The van der Waals surface area contributed by atoms with Gasteiger partial charge in [0.25, 0.3) is 5.91 Å². The minimum atomic E-state index is -0.294. The third-order valence-corrected chi connectivity index (χ3v) is 7.24. The zero-order chi connectivity index (χ0) is 28.7. The van der Waals surface area contributed by atoms with Crippen molar-refractivity contribution in [3.8, 4) is 17.1 Å². The second kappa shape index (κ2) is 10.3. The van der Waals surface area contributed by atoms with E-state index >= 15 is 0 Å². The highest BCUT2D eigenvalue weighted by Crippen LogP contribution is 2.36. The van der Waals surface area contributed by atoms with E-state index in [0.717, 1.165) is 46.5 Å². The molecule has 0 aliphatic heterocycles. The number of pyridine rings is 2. The van der Waals surface area contributed by atoms with Gasteiger partial charge in [0.1, 0.15) is 11.3 Å². The molecule has 41 heavy (non-hydrogen) atoms. The molecule has 1 aliphatic carbocycles. The number of amides is 2. The molecule has 0 spiro atoms. The molecule has 2 amide bonds. The summed E-state index contributed by atoms with van der Waals surface area (Å²) in [6.07, 6.45) is 3.78. The van der Waals surface area contributed by atoms with Crippen molar-refractivity contribution >= 4 is 40.8 Å². The van der Waals surface area contributed by atoms with Crippen LogP contribution in [0.4, 0.5) is 11.5 Å². The Bertz CT molecular complexity index is 1860. The van der Waals surface area contributed by atoms with Crippen molar-refractivity contribution in [3.63, 3.8) is 0 Å². The van der Waals surface area contributed by atoms with Crippen LogP contribution in [0, 0.1) is 6.92 Å². The number of fused-ring (bicyclic) bond motifs is 2. The van der Waals surface area contributed by atoms with E-state index in [-0.39, 0.29) is 23.4 Å². The highest BCUT2D eigenvalue weighted by Gasteiger charge is 2.26. The number of aryl methyl sites for hydroxylation is 2. The fourth-order valence-electron chi connectivity index (χ4n) is 5.32. The normalized spacial score (nSPS) is 14.0. The van der Waals surface area contributed by atoms with Gasteiger partial charge in [-0.05, 0) is 85.5 Å². The lowest BCUT2D eigenvalue weighted by Gasteiger charge is -2.16. The number of nitrogens with zero attached hydrogens (tertiary/aromatic N) is 4. The Kier molecular flexibility index (Phi) is 6.50. The van der Waals surface area contributed by atoms with Gasteiger partial charge in [0.05, 0.1) is 17.3 Å². The van der Waals surface area contributed by atoms with E-state index in [1.807, 2.05) is 47.9 Å². The maximum atomic E-state index is 13.1. The van der Waals surface area contributed by atoms with Crippen LogP contribution < -0.4 is 16.4 Å². The molecule has 10 nitrogen and oxygen atoms in total. The molecule has 0 saturated heterocycles. The highest BCUT2D eigenvalue weighted by molar-refractivity contribution is 6.00. The zero-order valence-electron chi connectivity index (χ0n) is 22.5. The second-order valence-electron chi connectivity index (χ2n) is 10.1. The van der Waals surface area contributed by atoms with Crippen molar-refractivity contribution in [3.05, 3.63) is 94.8 Å². The Morgan fingerprint density at radius 2 is 1.93 bits per heavy atom. The fraction of sp³-hybridized carbons (Fsp3) is 0.161. The first-order chi connectivity index (χ1) is 19.8. The topological polar surface area (TPSA) is 145 Å². The Morgan fingerprint density at radius 3 is 2.71 bits per heavy atom. The van der Waals surface area contributed by atoms with Gasteiger partial charge in [-0.2, -0.15) is 0 Å². The van der Waals surface area contributed by atoms with Crippen LogP contribution in [0.2, 0.25) is 0 Å². The number of imidazole rings is 1. The maximum Gasteiger partial charge on any atom is 0.251 e. The van der Waals surface area contributed by atoms with Gasteiger partial charge in [-0.15, -0.1) is 0 Å². The quantitative estimate of drug-likeness (QED) is 0.265. The molecule has 10 heteroatoms. The number of carbonyl (C=O) groups excluding carboxylic acids is 3. The Morgan fingerprint density at radius 1 is 1.07 bits per heavy atom. The minimum absolute atomic E-state index is 0.186. The molecule has 204 valence electrons. The van der Waals surface area contributed by atoms with Crippen LogP contribution in [-0.2, 0) is 11.2 Å². The molecular formula is C31H27N7O3. The van der Waals surface area contributed by atoms with Gasteiger partial charge in [-0.25, -0.2) is 15.0 Å². The van der Waals surface area contributed by atoms with E-state index in [0.29, 0.717) is 34.7 Å². The van der Waals surface area contributed by atoms with Crippen molar-refractivity contribution in [2.24, 2.45) is 0 Å². The van der Waals surface area contributed by atoms with Gasteiger partial charge in [-0.1, -0.05) is 6.07 Å². The fourth-order valence-corrected chi connectivity index (χ4v) is 5.32. The molecule has 3 heterocycles. The minimum Gasteiger partial charge on any atom is -0.383 e. The number of carbonyl (C=O) groups is 3. The average molecular weight is 546 g/mol. The predicted molar refractivity (Wildman–Crippen MR) is 156 cm³/mol. The predicted octanol–water partition coefficient (Wildman–Crippen LogP) is 4.56. The summed E-state index contributed by atoms with van der Waals surface area (Å²) in [7, 11) is 0. The van der Waals surface area contributed by atoms with Gasteiger partial charge >= 0.3 is 0 Å².